The molecule has 0 spiro atoms. The lowest BCUT2D eigenvalue weighted by Gasteiger charge is -2.08. The normalized spacial score (nSPS) is 10.5. The molecule has 6 nitrogen and oxygen atoms in total. The molecule has 0 unspecified atom stereocenters. The van der Waals surface area contributed by atoms with Crippen LogP contribution in [0.1, 0.15) is 20.8 Å². The summed E-state index contributed by atoms with van der Waals surface area (Å²) in [6.07, 6.45) is 3.16. The average Bonchev–Trinajstić information content (AvgIpc) is 3.29. The number of aryl methyl sites for hydroxylation is 2. The van der Waals surface area contributed by atoms with E-state index in [1.165, 1.54) is 17.5 Å². The number of hydrogen-bond donors (Lipinski definition) is 1. The topological polar surface area (TPSA) is 69.0 Å². The van der Waals surface area contributed by atoms with Crippen LogP contribution in [0.4, 0.5) is 19.0 Å². The SMILES string of the molecule is Cc1sc2ccc(OCc3cccnc3F)cc2c1C(=O)Nc1ccn(C)n1.FCF. The predicted octanol–water partition coefficient (Wildman–Crippen LogP) is 5.19. The van der Waals surface area contributed by atoms with Crippen LogP contribution in [0.15, 0.2) is 48.8 Å². The highest BCUT2D eigenvalue weighted by Gasteiger charge is 2.18. The molecule has 0 saturated carbocycles. The summed E-state index contributed by atoms with van der Waals surface area (Å²) in [4.78, 5) is 17.3. The number of ether oxygens (including phenoxy) is 1. The Morgan fingerprint density at radius 3 is 2.71 bits per heavy atom. The quantitative estimate of drug-likeness (QED) is 0.427. The van der Waals surface area contributed by atoms with Gasteiger partial charge in [0, 0.05) is 46.0 Å². The number of amides is 1. The van der Waals surface area contributed by atoms with Gasteiger partial charge in [-0.2, -0.15) is 9.49 Å². The van der Waals surface area contributed by atoms with Crippen LogP contribution in [-0.4, -0.2) is 27.6 Å². The molecule has 1 aromatic carbocycles. The average molecular weight is 448 g/mol. The van der Waals surface area contributed by atoms with Crippen molar-refractivity contribution < 1.29 is 22.7 Å². The molecule has 4 aromatic rings. The van der Waals surface area contributed by atoms with E-state index in [9.17, 15) is 18.0 Å². The van der Waals surface area contributed by atoms with Gasteiger partial charge in [-0.25, -0.2) is 13.8 Å². The molecule has 0 bridgehead atoms. The van der Waals surface area contributed by atoms with Gasteiger partial charge in [0.25, 0.3) is 5.91 Å². The number of rotatable bonds is 5. The van der Waals surface area contributed by atoms with E-state index < -0.39 is 12.9 Å². The van der Waals surface area contributed by atoms with Gasteiger partial charge in [-0.3, -0.25) is 9.48 Å². The number of thiophene rings is 1. The Labute approximate surface area is 180 Å². The van der Waals surface area contributed by atoms with Crippen molar-refractivity contribution >= 4 is 33.1 Å². The number of nitrogens with one attached hydrogen (secondary N) is 1. The molecule has 162 valence electrons. The van der Waals surface area contributed by atoms with Gasteiger partial charge in [-0.05, 0) is 37.3 Å². The first-order chi connectivity index (χ1) is 14.9. The van der Waals surface area contributed by atoms with E-state index in [0.29, 0.717) is 22.7 Å². The molecule has 1 N–H and O–H groups in total. The molecule has 0 radical (unpaired) electrons. The molecule has 0 saturated heterocycles. The maximum absolute atomic E-state index is 13.7. The lowest BCUT2D eigenvalue weighted by molar-refractivity contribution is 0.102. The van der Waals surface area contributed by atoms with Crippen molar-refractivity contribution in [2.45, 2.75) is 13.5 Å². The standard InChI is InChI=1S/C20H17FN4O2S.CH2F2/c1-12-18(20(26)23-17-7-9-25(2)24-17)15-10-14(5-6-16(15)28-12)27-11-13-4-3-8-22-19(13)21;2-1-3/h3-10H,11H2,1-2H3,(H,23,24,26);1H2. The van der Waals surface area contributed by atoms with Crippen molar-refractivity contribution in [2.75, 3.05) is 12.2 Å². The highest BCUT2D eigenvalue weighted by molar-refractivity contribution is 7.19. The van der Waals surface area contributed by atoms with E-state index in [1.807, 2.05) is 19.1 Å². The second kappa shape index (κ2) is 10.1. The molecule has 0 fully saturated rings. The zero-order valence-corrected chi connectivity index (χ0v) is 17.5. The maximum atomic E-state index is 13.7. The Balaban J connectivity index is 0.000000858. The van der Waals surface area contributed by atoms with E-state index in [1.54, 1.807) is 42.2 Å². The van der Waals surface area contributed by atoms with E-state index in [0.717, 1.165) is 15.0 Å². The van der Waals surface area contributed by atoms with Crippen molar-refractivity contribution in [3.05, 3.63) is 70.7 Å². The molecule has 10 heteroatoms. The molecule has 0 atom stereocenters. The van der Waals surface area contributed by atoms with Crippen LogP contribution >= 0.6 is 11.3 Å². The van der Waals surface area contributed by atoms with Crippen molar-refractivity contribution in [2.24, 2.45) is 7.05 Å². The highest BCUT2D eigenvalue weighted by atomic mass is 32.1. The third-order valence-electron chi connectivity index (χ3n) is 4.25. The molecule has 1 amide bonds. The second-order valence-electron chi connectivity index (χ2n) is 6.36. The van der Waals surface area contributed by atoms with Crippen molar-refractivity contribution in [3.63, 3.8) is 0 Å². The van der Waals surface area contributed by atoms with Crippen LogP contribution in [0.2, 0.25) is 0 Å². The first-order valence-corrected chi connectivity index (χ1v) is 9.92. The minimum atomic E-state index is -1.75. The lowest BCUT2D eigenvalue weighted by Crippen LogP contribution is -2.13. The summed E-state index contributed by atoms with van der Waals surface area (Å²) in [5, 5.41) is 7.79. The fraction of sp³-hybridized carbons (Fsp3) is 0.190. The van der Waals surface area contributed by atoms with Crippen LogP contribution in [0.25, 0.3) is 10.1 Å². The fourth-order valence-electron chi connectivity index (χ4n) is 2.92. The van der Waals surface area contributed by atoms with Crippen LogP contribution in [0.5, 0.6) is 5.75 Å². The predicted molar refractivity (Wildman–Crippen MR) is 113 cm³/mol. The molecular weight excluding hydrogens is 429 g/mol. The number of carbonyl (C=O) groups excluding carboxylic acids is 1. The largest absolute Gasteiger partial charge is 0.489 e. The van der Waals surface area contributed by atoms with Crippen LogP contribution < -0.4 is 10.1 Å². The highest BCUT2D eigenvalue weighted by Crippen LogP contribution is 2.34. The minimum absolute atomic E-state index is 0.0593. The number of hydrogen-bond acceptors (Lipinski definition) is 5. The van der Waals surface area contributed by atoms with Gasteiger partial charge in [-0.1, -0.05) is 0 Å². The van der Waals surface area contributed by atoms with Gasteiger partial charge in [0.2, 0.25) is 12.9 Å². The van der Waals surface area contributed by atoms with Gasteiger partial charge < -0.3 is 10.1 Å². The summed E-state index contributed by atoms with van der Waals surface area (Å²) in [5.41, 5.74) is 0.959. The number of benzene rings is 1. The second-order valence-corrected chi connectivity index (χ2v) is 7.62. The zero-order valence-electron chi connectivity index (χ0n) is 16.7. The number of alkyl halides is 2. The number of nitrogens with zero attached hydrogens (tertiary/aromatic N) is 3. The summed E-state index contributed by atoms with van der Waals surface area (Å²) in [6.45, 7) is 0.216. The van der Waals surface area contributed by atoms with Crippen LogP contribution in [0.3, 0.4) is 0 Å². The van der Waals surface area contributed by atoms with E-state index >= 15 is 0 Å². The molecule has 0 aliphatic heterocycles. The summed E-state index contributed by atoms with van der Waals surface area (Å²) in [6, 6.07) is 10.5. The smallest absolute Gasteiger partial charge is 0.258 e. The molecule has 3 aromatic heterocycles. The van der Waals surface area contributed by atoms with Gasteiger partial charge in [0.05, 0.1) is 5.56 Å². The van der Waals surface area contributed by atoms with Crippen molar-refractivity contribution in [1.29, 1.82) is 0 Å². The molecule has 4 rings (SSSR count). The monoisotopic (exact) mass is 448 g/mol. The first-order valence-electron chi connectivity index (χ1n) is 9.11. The summed E-state index contributed by atoms with van der Waals surface area (Å²) in [5.74, 6) is 0.273. The van der Waals surface area contributed by atoms with Crippen molar-refractivity contribution in [1.82, 2.24) is 14.8 Å². The Hall–Kier alpha value is -3.40. The zero-order chi connectivity index (χ0) is 22.4. The van der Waals surface area contributed by atoms with Gasteiger partial charge in [0.15, 0.2) is 5.82 Å². The van der Waals surface area contributed by atoms with E-state index in [-0.39, 0.29) is 12.5 Å². The van der Waals surface area contributed by atoms with Crippen molar-refractivity contribution in [3.8, 4) is 5.75 Å². The minimum Gasteiger partial charge on any atom is -0.489 e. The number of fused-ring (bicyclic) bond motifs is 1. The van der Waals surface area contributed by atoms with E-state index in [2.05, 4.69) is 15.4 Å². The summed E-state index contributed by atoms with van der Waals surface area (Å²) < 4.78 is 41.2. The molecule has 0 aliphatic carbocycles. The number of pyridine rings is 1. The third-order valence-corrected chi connectivity index (χ3v) is 5.33. The van der Waals surface area contributed by atoms with Crippen LogP contribution in [-0.2, 0) is 13.7 Å². The number of carbonyl (C=O) groups is 1. The first kappa shape index (κ1) is 22.3. The summed E-state index contributed by atoms with van der Waals surface area (Å²) >= 11 is 1.54. The molecule has 0 aliphatic rings. The fourth-order valence-corrected chi connectivity index (χ4v) is 3.96. The van der Waals surface area contributed by atoms with Gasteiger partial charge in [0.1, 0.15) is 12.4 Å². The Bertz CT molecular complexity index is 1190. The Morgan fingerprint density at radius 1 is 1.26 bits per heavy atom. The lowest BCUT2D eigenvalue weighted by atomic mass is 10.1. The Morgan fingerprint density at radius 2 is 2.03 bits per heavy atom. The van der Waals surface area contributed by atoms with Gasteiger partial charge in [-0.15, -0.1) is 11.3 Å². The van der Waals surface area contributed by atoms with Gasteiger partial charge >= 0.3 is 0 Å². The van der Waals surface area contributed by atoms with Crippen LogP contribution in [0, 0.1) is 12.9 Å². The molecule has 3 heterocycles. The number of aromatic nitrogens is 3. The number of halogens is 3. The summed E-state index contributed by atoms with van der Waals surface area (Å²) in [7, 11) is 1.79. The molecular formula is C21H19F3N4O2S. The molecule has 31 heavy (non-hydrogen) atoms. The third kappa shape index (κ3) is 5.40. The Kier molecular flexibility index (Phi) is 7.24. The van der Waals surface area contributed by atoms with E-state index in [4.69, 9.17) is 4.74 Å². The number of anilines is 1. The maximum Gasteiger partial charge on any atom is 0.258 e.